The van der Waals surface area contributed by atoms with Gasteiger partial charge in [-0.1, -0.05) is 30.0 Å². The van der Waals surface area contributed by atoms with Crippen molar-refractivity contribution in [1.29, 1.82) is 0 Å². The van der Waals surface area contributed by atoms with Gasteiger partial charge in [-0.15, -0.1) is 0 Å². The van der Waals surface area contributed by atoms with E-state index in [1.807, 2.05) is 38.1 Å². The van der Waals surface area contributed by atoms with Gasteiger partial charge in [0.15, 0.2) is 0 Å². The van der Waals surface area contributed by atoms with Gasteiger partial charge in [-0.2, -0.15) is 5.10 Å². The molecule has 0 aliphatic heterocycles. The van der Waals surface area contributed by atoms with Crippen molar-refractivity contribution in [2.75, 3.05) is 11.1 Å². The van der Waals surface area contributed by atoms with Gasteiger partial charge in [-0.3, -0.25) is 4.79 Å². The lowest BCUT2D eigenvalue weighted by Gasteiger charge is -2.11. The number of nitrogens with one attached hydrogen (secondary N) is 1. The molecule has 6 nitrogen and oxygen atoms in total. The summed E-state index contributed by atoms with van der Waals surface area (Å²) in [6.45, 7) is 4.04. The molecule has 0 aliphatic carbocycles. The number of anilines is 1. The molecule has 0 radical (unpaired) electrons. The minimum absolute atomic E-state index is 0.0832. The molecule has 23 heavy (non-hydrogen) atoms. The van der Waals surface area contributed by atoms with Gasteiger partial charge in [-0.05, 0) is 19.9 Å². The lowest BCUT2D eigenvalue weighted by atomic mass is 10.2. The predicted molar refractivity (Wildman–Crippen MR) is 91.5 cm³/mol. The summed E-state index contributed by atoms with van der Waals surface area (Å²) in [7, 11) is 0. The number of thioether (sulfide) groups is 1. The Kier molecular flexibility index (Phi) is 4.57. The molecular formula is C16H17N5OS. The summed E-state index contributed by atoms with van der Waals surface area (Å²) in [5.74, 6) is 0.905. The Morgan fingerprint density at radius 2 is 2.09 bits per heavy atom. The van der Waals surface area contributed by atoms with Crippen LogP contribution in [0.4, 0.5) is 5.82 Å². The third-order valence-electron chi connectivity index (χ3n) is 3.27. The molecule has 0 saturated carbocycles. The van der Waals surface area contributed by atoms with Crippen LogP contribution in [-0.4, -0.2) is 31.4 Å². The molecular weight excluding hydrogens is 310 g/mol. The fraction of sp³-hybridized carbons (Fsp3) is 0.250. The van der Waals surface area contributed by atoms with Crippen molar-refractivity contribution >= 4 is 34.4 Å². The van der Waals surface area contributed by atoms with Gasteiger partial charge in [0.1, 0.15) is 17.2 Å². The average molecular weight is 327 g/mol. The lowest BCUT2D eigenvalue weighted by molar-refractivity contribution is -0.113. The van der Waals surface area contributed by atoms with Crippen molar-refractivity contribution in [2.45, 2.75) is 24.9 Å². The fourth-order valence-corrected chi connectivity index (χ4v) is 3.02. The van der Waals surface area contributed by atoms with E-state index in [4.69, 9.17) is 0 Å². The molecule has 1 aromatic carbocycles. The van der Waals surface area contributed by atoms with E-state index >= 15 is 0 Å². The number of nitrogens with zero attached hydrogens (tertiary/aromatic N) is 4. The van der Waals surface area contributed by atoms with Crippen LogP contribution in [0.15, 0.2) is 47.9 Å². The predicted octanol–water partition coefficient (Wildman–Crippen LogP) is 3.14. The van der Waals surface area contributed by atoms with Crippen LogP contribution in [0.3, 0.4) is 0 Å². The van der Waals surface area contributed by atoms with Crippen molar-refractivity contribution in [2.24, 2.45) is 0 Å². The summed E-state index contributed by atoms with van der Waals surface area (Å²) in [4.78, 5) is 20.7. The molecule has 7 heteroatoms. The van der Waals surface area contributed by atoms with Crippen LogP contribution >= 0.6 is 11.8 Å². The average Bonchev–Trinajstić information content (AvgIpc) is 3.01. The summed E-state index contributed by atoms with van der Waals surface area (Å²) < 4.78 is 1.78. The van der Waals surface area contributed by atoms with Crippen LogP contribution in [0.25, 0.3) is 10.9 Å². The van der Waals surface area contributed by atoms with Gasteiger partial charge in [-0.25, -0.2) is 14.6 Å². The Morgan fingerprint density at radius 3 is 2.91 bits per heavy atom. The number of amides is 1. The monoisotopic (exact) mass is 327 g/mol. The zero-order chi connectivity index (χ0) is 16.2. The zero-order valence-electron chi connectivity index (χ0n) is 12.9. The van der Waals surface area contributed by atoms with Crippen LogP contribution in [0.1, 0.15) is 19.9 Å². The van der Waals surface area contributed by atoms with Crippen LogP contribution in [0, 0.1) is 0 Å². The number of benzene rings is 1. The maximum Gasteiger partial charge on any atom is 0.235 e. The van der Waals surface area contributed by atoms with Gasteiger partial charge < -0.3 is 5.32 Å². The van der Waals surface area contributed by atoms with E-state index < -0.39 is 0 Å². The molecule has 0 aliphatic rings. The normalized spacial score (nSPS) is 11.1. The second kappa shape index (κ2) is 6.78. The summed E-state index contributed by atoms with van der Waals surface area (Å²) >= 11 is 1.40. The second-order valence-electron chi connectivity index (χ2n) is 5.29. The van der Waals surface area contributed by atoms with E-state index in [0.717, 1.165) is 15.9 Å². The number of carbonyl (C=O) groups is 1. The van der Waals surface area contributed by atoms with E-state index in [1.54, 1.807) is 16.9 Å². The molecule has 3 rings (SSSR count). The SMILES string of the molecule is CC(C)n1nccc1NC(=O)CSc1ncnc2ccccc12. The van der Waals surface area contributed by atoms with E-state index in [1.165, 1.54) is 18.1 Å². The number of para-hydroxylation sites is 1. The topological polar surface area (TPSA) is 72.7 Å². The quantitative estimate of drug-likeness (QED) is 0.576. The second-order valence-corrected chi connectivity index (χ2v) is 6.25. The van der Waals surface area contributed by atoms with Gasteiger partial charge in [0.2, 0.25) is 5.91 Å². The number of carbonyl (C=O) groups excluding carboxylic acids is 1. The molecule has 0 fully saturated rings. The van der Waals surface area contributed by atoms with Gasteiger partial charge in [0.25, 0.3) is 0 Å². The van der Waals surface area contributed by atoms with Crippen molar-refractivity contribution in [1.82, 2.24) is 19.7 Å². The molecule has 0 bridgehead atoms. The number of hydrogen-bond donors (Lipinski definition) is 1. The molecule has 118 valence electrons. The van der Waals surface area contributed by atoms with Crippen molar-refractivity contribution < 1.29 is 4.79 Å². The van der Waals surface area contributed by atoms with Crippen LogP contribution in [0.5, 0.6) is 0 Å². The molecule has 1 amide bonds. The Morgan fingerprint density at radius 1 is 1.26 bits per heavy atom. The van der Waals surface area contributed by atoms with Crippen molar-refractivity contribution in [3.05, 3.63) is 42.9 Å². The summed E-state index contributed by atoms with van der Waals surface area (Å²) in [6, 6.07) is 9.76. The van der Waals surface area contributed by atoms with E-state index in [-0.39, 0.29) is 17.7 Å². The molecule has 0 atom stereocenters. The Bertz CT molecular complexity index is 825. The maximum atomic E-state index is 12.2. The highest BCUT2D eigenvalue weighted by Crippen LogP contribution is 2.24. The number of fused-ring (bicyclic) bond motifs is 1. The highest BCUT2D eigenvalue weighted by molar-refractivity contribution is 8.00. The van der Waals surface area contributed by atoms with E-state index in [0.29, 0.717) is 5.82 Å². The largest absolute Gasteiger partial charge is 0.310 e. The Balaban J connectivity index is 1.68. The highest BCUT2D eigenvalue weighted by atomic mass is 32.2. The standard InChI is InChI=1S/C16H17N5OS/c1-11(2)21-14(7-8-19-21)20-15(22)9-23-16-12-5-3-4-6-13(12)17-10-18-16/h3-8,10-11H,9H2,1-2H3,(H,20,22). The van der Waals surface area contributed by atoms with Gasteiger partial charge in [0.05, 0.1) is 17.5 Å². The smallest absolute Gasteiger partial charge is 0.235 e. The van der Waals surface area contributed by atoms with Crippen molar-refractivity contribution in [3.63, 3.8) is 0 Å². The summed E-state index contributed by atoms with van der Waals surface area (Å²) in [6.07, 6.45) is 3.21. The van der Waals surface area contributed by atoms with E-state index in [9.17, 15) is 4.79 Å². The van der Waals surface area contributed by atoms with Gasteiger partial charge in [0, 0.05) is 17.5 Å². The highest BCUT2D eigenvalue weighted by Gasteiger charge is 2.11. The minimum atomic E-state index is -0.0832. The summed E-state index contributed by atoms with van der Waals surface area (Å²) in [5, 5.41) is 8.86. The molecule has 0 saturated heterocycles. The summed E-state index contributed by atoms with van der Waals surface area (Å²) in [5.41, 5.74) is 0.878. The zero-order valence-corrected chi connectivity index (χ0v) is 13.7. The minimum Gasteiger partial charge on any atom is -0.310 e. The van der Waals surface area contributed by atoms with Gasteiger partial charge >= 0.3 is 0 Å². The first-order chi connectivity index (χ1) is 11.1. The van der Waals surface area contributed by atoms with Crippen LogP contribution < -0.4 is 5.32 Å². The number of aromatic nitrogens is 4. The fourth-order valence-electron chi connectivity index (χ4n) is 2.23. The third kappa shape index (κ3) is 3.50. The molecule has 3 aromatic rings. The maximum absolute atomic E-state index is 12.2. The van der Waals surface area contributed by atoms with Crippen LogP contribution in [0.2, 0.25) is 0 Å². The molecule has 2 heterocycles. The number of rotatable bonds is 5. The Hall–Kier alpha value is -2.41. The molecule has 1 N–H and O–H groups in total. The first-order valence-corrected chi connectivity index (χ1v) is 8.29. The third-order valence-corrected chi connectivity index (χ3v) is 4.28. The van der Waals surface area contributed by atoms with E-state index in [2.05, 4.69) is 20.4 Å². The molecule has 0 unspecified atom stereocenters. The number of hydrogen-bond acceptors (Lipinski definition) is 5. The Labute approximate surface area is 138 Å². The lowest BCUT2D eigenvalue weighted by Crippen LogP contribution is -2.18. The first kappa shape index (κ1) is 15.5. The first-order valence-electron chi connectivity index (χ1n) is 7.31. The van der Waals surface area contributed by atoms with Crippen LogP contribution in [-0.2, 0) is 4.79 Å². The molecule has 0 spiro atoms. The molecule has 2 aromatic heterocycles. The van der Waals surface area contributed by atoms with Crippen molar-refractivity contribution in [3.8, 4) is 0 Å².